The van der Waals surface area contributed by atoms with Gasteiger partial charge in [0.05, 0.1) is 9.79 Å². The number of carbonyl (C=O) groups is 2. The largest absolute Gasteiger partial charge is 0.289 e. The lowest BCUT2D eigenvalue weighted by Crippen LogP contribution is -2.42. The summed E-state index contributed by atoms with van der Waals surface area (Å²) in [4.78, 5) is 26.8. The molecule has 2 heterocycles. The lowest BCUT2D eigenvalue weighted by molar-refractivity contribution is 0.0978. The van der Waals surface area contributed by atoms with E-state index in [0.29, 0.717) is 26.2 Å². The maximum atomic E-state index is 13.4. The molecular weight excluding hydrogens is 524 g/mol. The number of hydrogen-bond acceptors (Lipinski definition) is 6. The molecule has 0 spiro atoms. The summed E-state index contributed by atoms with van der Waals surface area (Å²) in [7, 11) is -7.68. The van der Waals surface area contributed by atoms with Crippen LogP contribution in [0.5, 0.6) is 0 Å². The lowest BCUT2D eigenvalue weighted by Gasteiger charge is -2.34. The zero-order valence-electron chi connectivity index (χ0n) is 22.2. The molecule has 0 saturated carbocycles. The number of ketones is 2. The summed E-state index contributed by atoms with van der Waals surface area (Å²) >= 11 is 0. The highest BCUT2D eigenvalue weighted by Crippen LogP contribution is 2.34. The Hall–Kier alpha value is -2.40. The van der Waals surface area contributed by atoms with Gasteiger partial charge in [-0.25, -0.2) is 16.8 Å². The SMILES string of the molecule is CC1CC(C)CN(S(=O)(=O)c2ccc3c(c2)C(=O)c2ccc(S(=O)(=O)N4CC(C)CC(C)C4)cc2C3=O)C1. The predicted octanol–water partition coefficient (Wildman–Crippen LogP) is 3.80. The summed E-state index contributed by atoms with van der Waals surface area (Å²) in [6.45, 7) is 9.71. The van der Waals surface area contributed by atoms with Gasteiger partial charge in [0.2, 0.25) is 20.0 Å². The molecule has 38 heavy (non-hydrogen) atoms. The molecule has 5 rings (SSSR count). The third-order valence-corrected chi connectivity index (χ3v) is 11.6. The second-order valence-electron chi connectivity index (χ2n) is 11.6. The monoisotopic (exact) mass is 558 g/mol. The van der Waals surface area contributed by atoms with Gasteiger partial charge in [0.25, 0.3) is 0 Å². The topological polar surface area (TPSA) is 109 Å². The Bertz CT molecular complexity index is 1400. The van der Waals surface area contributed by atoms with Gasteiger partial charge in [0.15, 0.2) is 11.6 Å². The highest BCUT2D eigenvalue weighted by molar-refractivity contribution is 7.89. The van der Waals surface area contributed by atoms with Crippen molar-refractivity contribution in [1.82, 2.24) is 8.61 Å². The van der Waals surface area contributed by atoms with Crippen molar-refractivity contribution in [1.29, 1.82) is 0 Å². The summed E-state index contributed by atoms with van der Waals surface area (Å²) in [5.74, 6) is -0.0790. The minimum atomic E-state index is -3.84. The average molecular weight is 559 g/mol. The Labute approximate surface area is 225 Å². The molecule has 4 unspecified atom stereocenters. The summed E-state index contributed by atoms with van der Waals surface area (Å²) in [6.07, 6.45) is 1.90. The van der Waals surface area contributed by atoms with E-state index in [2.05, 4.69) is 0 Å². The minimum Gasteiger partial charge on any atom is -0.289 e. The van der Waals surface area contributed by atoms with Crippen LogP contribution in [0.2, 0.25) is 0 Å². The number of benzene rings is 2. The van der Waals surface area contributed by atoms with Crippen molar-refractivity contribution < 1.29 is 26.4 Å². The molecule has 2 aromatic rings. The van der Waals surface area contributed by atoms with Gasteiger partial charge >= 0.3 is 0 Å². The van der Waals surface area contributed by atoms with Crippen LogP contribution in [0.25, 0.3) is 0 Å². The number of nitrogens with zero attached hydrogens (tertiary/aromatic N) is 2. The van der Waals surface area contributed by atoms with Gasteiger partial charge in [0.1, 0.15) is 0 Å². The molecule has 2 aromatic carbocycles. The Kier molecular flexibility index (Phi) is 6.91. The fourth-order valence-electron chi connectivity index (χ4n) is 6.33. The molecule has 8 nitrogen and oxygen atoms in total. The smallest absolute Gasteiger partial charge is 0.243 e. The molecule has 0 N–H and O–H groups in total. The first-order chi connectivity index (χ1) is 17.8. The van der Waals surface area contributed by atoms with E-state index in [9.17, 15) is 26.4 Å². The summed E-state index contributed by atoms with van der Waals surface area (Å²) < 4.78 is 56.5. The maximum absolute atomic E-state index is 13.4. The molecule has 3 aliphatic rings. The minimum absolute atomic E-state index is 0.0188. The van der Waals surface area contributed by atoms with Crippen LogP contribution in [0.3, 0.4) is 0 Å². The Morgan fingerprint density at radius 2 is 0.868 bits per heavy atom. The summed E-state index contributed by atoms with van der Waals surface area (Å²) in [5.41, 5.74) is 0.208. The Morgan fingerprint density at radius 3 is 1.18 bits per heavy atom. The second kappa shape index (κ2) is 9.66. The fourth-order valence-corrected chi connectivity index (χ4v) is 9.74. The average Bonchev–Trinajstić information content (AvgIpc) is 2.85. The van der Waals surface area contributed by atoms with Crippen LogP contribution in [0.4, 0.5) is 0 Å². The molecular formula is C28H34N2O6S2. The first kappa shape index (κ1) is 27.2. The molecule has 0 radical (unpaired) electrons. The van der Waals surface area contributed by atoms with Crippen LogP contribution in [-0.4, -0.2) is 63.2 Å². The van der Waals surface area contributed by atoms with Gasteiger partial charge in [-0.15, -0.1) is 0 Å². The Balaban J connectivity index is 1.49. The van der Waals surface area contributed by atoms with Crippen LogP contribution in [0.1, 0.15) is 72.4 Å². The number of carbonyl (C=O) groups excluding carboxylic acids is 2. The number of hydrogen-bond donors (Lipinski definition) is 0. The molecule has 4 atom stereocenters. The maximum Gasteiger partial charge on any atom is 0.243 e. The number of fused-ring (bicyclic) bond motifs is 2. The van der Waals surface area contributed by atoms with Crippen LogP contribution >= 0.6 is 0 Å². The quantitative estimate of drug-likeness (QED) is 0.482. The molecule has 204 valence electrons. The van der Waals surface area contributed by atoms with E-state index in [4.69, 9.17) is 0 Å². The molecule has 0 amide bonds. The normalized spacial score (nSPS) is 27.2. The van der Waals surface area contributed by atoms with Crippen molar-refractivity contribution in [3.05, 3.63) is 58.7 Å². The van der Waals surface area contributed by atoms with Gasteiger partial charge in [-0.1, -0.05) is 27.7 Å². The van der Waals surface area contributed by atoms with E-state index >= 15 is 0 Å². The Morgan fingerprint density at radius 1 is 0.553 bits per heavy atom. The van der Waals surface area contributed by atoms with Gasteiger partial charge in [-0.3, -0.25) is 9.59 Å². The molecule has 0 aromatic heterocycles. The zero-order valence-corrected chi connectivity index (χ0v) is 23.8. The standard InChI is InChI=1S/C28H34N2O6S2/c1-17-9-18(2)14-29(13-17)37(33,34)21-5-7-23-25(11-21)27(31)24-8-6-22(12-26(24)28(23)32)38(35,36)30-15-19(3)10-20(4)16-30/h5-8,11-12,17-20H,9-10,13-16H2,1-4H3. The third kappa shape index (κ3) is 4.65. The van der Waals surface area contributed by atoms with Crippen LogP contribution < -0.4 is 0 Å². The van der Waals surface area contributed by atoms with E-state index in [1.807, 2.05) is 27.7 Å². The van der Waals surface area contributed by atoms with E-state index in [0.717, 1.165) is 12.8 Å². The van der Waals surface area contributed by atoms with Crippen LogP contribution in [-0.2, 0) is 20.0 Å². The molecule has 2 saturated heterocycles. The van der Waals surface area contributed by atoms with Gasteiger partial charge in [0, 0.05) is 48.4 Å². The van der Waals surface area contributed by atoms with Crippen molar-refractivity contribution in [2.24, 2.45) is 23.7 Å². The zero-order chi connectivity index (χ0) is 27.6. The summed E-state index contributed by atoms with van der Waals surface area (Å²) in [5, 5.41) is 0. The van der Waals surface area contributed by atoms with Gasteiger partial charge in [-0.2, -0.15) is 8.61 Å². The number of sulfonamides is 2. The van der Waals surface area contributed by atoms with Crippen molar-refractivity contribution >= 4 is 31.6 Å². The second-order valence-corrected chi connectivity index (χ2v) is 15.5. The highest BCUT2D eigenvalue weighted by Gasteiger charge is 2.37. The molecule has 1 aliphatic carbocycles. The lowest BCUT2D eigenvalue weighted by atomic mass is 9.84. The first-order valence-electron chi connectivity index (χ1n) is 13.2. The van der Waals surface area contributed by atoms with Crippen LogP contribution in [0.15, 0.2) is 46.2 Å². The van der Waals surface area contributed by atoms with Crippen molar-refractivity contribution in [3.8, 4) is 0 Å². The first-order valence-corrected chi connectivity index (χ1v) is 16.0. The predicted molar refractivity (Wildman–Crippen MR) is 143 cm³/mol. The molecule has 10 heteroatoms. The van der Waals surface area contributed by atoms with E-state index in [-0.39, 0.29) is 55.7 Å². The van der Waals surface area contributed by atoms with E-state index in [1.165, 1.54) is 45.0 Å². The number of piperidine rings is 2. The third-order valence-electron chi connectivity index (χ3n) is 7.91. The van der Waals surface area contributed by atoms with Crippen molar-refractivity contribution in [2.75, 3.05) is 26.2 Å². The number of rotatable bonds is 4. The summed E-state index contributed by atoms with van der Waals surface area (Å²) in [6, 6.07) is 8.06. The van der Waals surface area contributed by atoms with Gasteiger partial charge < -0.3 is 0 Å². The van der Waals surface area contributed by atoms with Gasteiger partial charge in [-0.05, 0) is 72.9 Å². The molecule has 0 bridgehead atoms. The van der Waals surface area contributed by atoms with E-state index in [1.54, 1.807) is 0 Å². The molecule has 2 aliphatic heterocycles. The van der Waals surface area contributed by atoms with Crippen LogP contribution in [0, 0.1) is 23.7 Å². The molecule has 2 fully saturated rings. The fraction of sp³-hybridized carbons (Fsp3) is 0.500. The highest BCUT2D eigenvalue weighted by atomic mass is 32.2. The van der Waals surface area contributed by atoms with Crippen molar-refractivity contribution in [3.63, 3.8) is 0 Å². The van der Waals surface area contributed by atoms with Crippen molar-refractivity contribution in [2.45, 2.75) is 50.3 Å². The van der Waals surface area contributed by atoms with E-state index < -0.39 is 31.6 Å².